The second-order valence-corrected chi connectivity index (χ2v) is 3.62. The summed E-state index contributed by atoms with van der Waals surface area (Å²) in [5.74, 6) is 0. The molecule has 0 aromatic heterocycles. The monoisotopic (exact) mass is 183 g/mol. The SMILES string of the molecule is CC=C(C)CCCCN(CC)CC. The molecular weight excluding hydrogens is 158 g/mol. The molecule has 0 aromatic carbocycles. The number of hydrogen-bond acceptors (Lipinski definition) is 1. The van der Waals surface area contributed by atoms with Gasteiger partial charge in [0, 0.05) is 0 Å². The molecule has 78 valence electrons. The summed E-state index contributed by atoms with van der Waals surface area (Å²) >= 11 is 0. The fourth-order valence-electron chi connectivity index (χ4n) is 1.42. The minimum Gasteiger partial charge on any atom is -0.304 e. The molecular formula is C12H25N. The van der Waals surface area contributed by atoms with E-state index in [2.05, 4.69) is 38.7 Å². The van der Waals surface area contributed by atoms with Gasteiger partial charge in [0.1, 0.15) is 0 Å². The van der Waals surface area contributed by atoms with Crippen LogP contribution in [0.4, 0.5) is 0 Å². The molecule has 0 bridgehead atoms. The molecule has 0 aliphatic carbocycles. The van der Waals surface area contributed by atoms with Gasteiger partial charge < -0.3 is 4.90 Å². The first kappa shape index (κ1) is 12.7. The minimum absolute atomic E-state index is 1.19. The van der Waals surface area contributed by atoms with Crippen LogP contribution in [0.1, 0.15) is 47.0 Å². The Balaban J connectivity index is 3.34. The highest BCUT2D eigenvalue weighted by Crippen LogP contribution is 2.06. The van der Waals surface area contributed by atoms with E-state index in [1.807, 2.05) is 0 Å². The molecule has 0 amide bonds. The highest BCUT2D eigenvalue weighted by Gasteiger charge is 1.97. The highest BCUT2D eigenvalue weighted by atomic mass is 15.1. The molecule has 0 aliphatic heterocycles. The molecule has 0 unspecified atom stereocenters. The van der Waals surface area contributed by atoms with E-state index in [1.165, 1.54) is 44.5 Å². The second kappa shape index (κ2) is 8.31. The van der Waals surface area contributed by atoms with Crippen LogP contribution in [0.2, 0.25) is 0 Å². The number of unbranched alkanes of at least 4 members (excludes halogenated alkanes) is 1. The summed E-state index contributed by atoms with van der Waals surface area (Å²) in [6, 6.07) is 0. The van der Waals surface area contributed by atoms with Gasteiger partial charge >= 0.3 is 0 Å². The van der Waals surface area contributed by atoms with Gasteiger partial charge in [-0.05, 0) is 52.7 Å². The third-order valence-electron chi connectivity index (χ3n) is 2.68. The van der Waals surface area contributed by atoms with Gasteiger partial charge in [0.05, 0.1) is 0 Å². The summed E-state index contributed by atoms with van der Waals surface area (Å²) in [5.41, 5.74) is 1.53. The average Bonchev–Trinajstić information content (AvgIpc) is 2.18. The summed E-state index contributed by atoms with van der Waals surface area (Å²) in [4.78, 5) is 2.49. The molecule has 0 saturated carbocycles. The maximum atomic E-state index is 2.49. The van der Waals surface area contributed by atoms with Crippen LogP contribution in [0.3, 0.4) is 0 Å². The van der Waals surface area contributed by atoms with Crippen molar-refractivity contribution in [2.45, 2.75) is 47.0 Å². The van der Waals surface area contributed by atoms with Crippen LogP contribution in [0.5, 0.6) is 0 Å². The number of nitrogens with zero attached hydrogens (tertiary/aromatic N) is 1. The fourth-order valence-corrected chi connectivity index (χ4v) is 1.42. The third-order valence-corrected chi connectivity index (χ3v) is 2.68. The predicted molar refractivity (Wildman–Crippen MR) is 61.1 cm³/mol. The van der Waals surface area contributed by atoms with Gasteiger partial charge in [-0.25, -0.2) is 0 Å². The zero-order valence-corrected chi connectivity index (χ0v) is 9.77. The normalized spacial score (nSPS) is 12.5. The van der Waals surface area contributed by atoms with Crippen LogP contribution < -0.4 is 0 Å². The van der Waals surface area contributed by atoms with Crippen molar-refractivity contribution in [3.05, 3.63) is 11.6 Å². The minimum atomic E-state index is 1.19. The maximum absolute atomic E-state index is 2.49. The zero-order chi connectivity index (χ0) is 10.1. The first-order valence-corrected chi connectivity index (χ1v) is 5.58. The van der Waals surface area contributed by atoms with Gasteiger partial charge in [-0.1, -0.05) is 25.5 Å². The van der Waals surface area contributed by atoms with Gasteiger partial charge in [0.2, 0.25) is 0 Å². The molecule has 0 N–H and O–H groups in total. The number of allylic oxidation sites excluding steroid dienone is 2. The molecule has 0 fully saturated rings. The van der Waals surface area contributed by atoms with Crippen LogP contribution in [0.25, 0.3) is 0 Å². The van der Waals surface area contributed by atoms with Crippen molar-refractivity contribution in [3.8, 4) is 0 Å². The topological polar surface area (TPSA) is 3.24 Å². The molecule has 1 nitrogen and oxygen atoms in total. The molecule has 0 spiro atoms. The Bertz CT molecular complexity index is 134. The summed E-state index contributed by atoms with van der Waals surface area (Å²) in [6.45, 7) is 12.5. The fraction of sp³-hybridized carbons (Fsp3) is 0.833. The smallest absolute Gasteiger partial charge is 0.00189 e. The Morgan fingerprint density at radius 3 is 2.23 bits per heavy atom. The van der Waals surface area contributed by atoms with Crippen molar-refractivity contribution in [3.63, 3.8) is 0 Å². The van der Waals surface area contributed by atoms with E-state index in [9.17, 15) is 0 Å². The Kier molecular flexibility index (Phi) is 8.11. The molecule has 0 radical (unpaired) electrons. The van der Waals surface area contributed by atoms with E-state index in [0.29, 0.717) is 0 Å². The van der Waals surface area contributed by atoms with Crippen molar-refractivity contribution in [1.29, 1.82) is 0 Å². The van der Waals surface area contributed by atoms with Crippen LogP contribution in [-0.4, -0.2) is 24.5 Å². The van der Waals surface area contributed by atoms with Crippen LogP contribution in [0, 0.1) is 0 Å². The molecule has 0 heterocycles. The van der Waals surface area contributed by atoms with E-state index in [-0.39, 0.29) is 0 Å². The predicted octanol–water partition coefficient (Wildman–Crippen LogP) is 3.46. The molecule has 0 saturated heterocycles. The van der Waals surface area contributed by atoms with Crippen molar-refractivity contribution < 1.29 is 0 Å². The van der Waals surface area contributed by atoms with Gasteiger partial charge in [-0.3, -0.25) is 0 Å². The first-order valence-electron chi connectivity index (χ1n) is 5.58. The zero-order valence-electron chi connectivity index (χ0n) is 9.77. The first-order chi connectivity index (χ1) is 6.24. The van der Waals surface area contributed by atoms with Crippen LogP contribution in [-0.2, 0) is 0 Å². The lowest BCUT2D eigenvalue weighted by Gasteiger charge is -2.17. The van der Waals surface area contributed by atoms with Crippen LogP contribution >= 0.6 is 0 Å². The van der Waals surface area contributed by atoms with Crippen molar-refractivity contribution in [1.82, 2.24) is 4.90 Å². The number of hydrogen-bond donors (Lipinski definition) is 0. The molecule has 0 aliphatic rings. The summed E-state index contributed by atoms with van der Waals surface area (Å²) in [6.07, 6.45) is 6.18. The second-order valence-electron chi connectivity index (χ2n) is 3.62. The molecule has 1 heteroatoms. The van der Waals surface area contributed by atoms with Gasteiger partial charge in [-0.2, -0.15) is 0 Å². The van der Waals surface area contributed by atoms with E-state index in [4.69, 9.17) is 0 Å². The maximum Gasteiger partial charge on any atom is -0.00189 e. The van der Waals surface area contributed by atoms with Crippen molar-refractivity contribution in [2.75, 3.05) is 19.6 Å². The van der Waals surface area contributed by atoms with Gasteiger partial charge in [0.15, 0.2) is 0 Å². The Hall–Kier alpha value is -0.300. The standard InChI is InChI=1S/C12H25N/c1-5-12(4)10-8-9-11-13(6-2)7-3/h5H,6-11H2,1-4H3. The van der Waals surface area contributed by atoms with Crippen molar-refractivity contribution in [2.24, 2.45) is 0 Å². The third kappa shape index (κ3) is 6.83. The summed E-state index contributed by atoms with van der Waals surface area (Å²) in [7, 11) is 0. The molecule has 0 atom stereocenters. The highest BCUT2D eigenvalue weighted by molar-refractivity contribution is 4.94. The quantitative estimate of drug-likeness (QED) is 0.431. The molecule has 13 heavy (non-hydrogen) atoms. The summed E-state index contributed by atoms with van der Waals surface area (Å²) in [5, 5.41) is 0. The molecule has 0 aromatic rings. The lowest BCUT2D eigenvalue weighted by molar-refractivity contribution is 0.297. The average molecular weight is 183 g/mol. The lowest BCUT2D eigenvalue weighted by Crippen LogP contribution is -2.23. The van der Waals surface area contributed by atoms with E-state index in [1.54, 1.807) is 0 Å². The van der Waals surface area contributed by atoms with Crippen molar-refractivity contribution >= 4 is 0 Å². The van der Waals surface area contributed by atoms with Gasteiger partial charge in [0.25, 0.3) is 0 Å². The largest absolute Gasteiger partial charge is 0.304 e. The lowest BCUT2D eigenvalue weighted by atomic mass is 10.1. The van der Waals surface area contributed by atoms with E-state index >= 15 is 0 Å². The van der Waals surface area contributed by atoms with E-state index < -0.39 is 0 Å². The Morgan fingerprint density at radius 2 is 1.77 bits per heavy atom. The summed E-state index contributed by atoms with van der Waals surface area (Å²) < 4.78 is 0. The molecule has 0 rings (SSSR count). The van der Waals surface area contributed by atoms with Gasteiger partial charge in [-0.15, -0.1) is 0 Å². The number of rotatable bonds is 7. The van der Waals surface area contributed by atoms with Crippen LogP contribution in [0.15, 0.2) is 11.6 Å². The Morgan fingerprint density at radius 1 is 1.15 bits per heavy atom. The van der Waals surface area contributed by atoms with E-state index in [0.717, 1.165) is 0 Å². The Labute approximate surface area is 83.8 Å².